The fraction of sp³-hybridized carbons (Fsp3) is 0.438. The second kappa shape index (κ2) is 6.71. The van der Waals surface area contributed by atoms with E-state index in [1.165, 1.54) is 12.1 Å². The highest BCUT2D eigenvalue weighted by atomic mass is 79.9. The van der Waals surface area contributed by atoms with Crippen molar-refractivity contribution in [3.05, 3.63) is 51.0 Å². The zero-order valence-electron chi connectivity index (χ0n) is 12.7. The van der Waals surface area contributed by atoms with E-state index in [0.717, 1.165) is 40.0 Å². The summed E-state index contributed by atoms with van der Waals surface area (Å²) < 4.78 is 16.5. The van der Waals surface area contributed by atoms with Crippen molar-refractivity contribution in [2.45, 2.75) is 46.2 Å². The molecule has 1 aromatic carbocycles. The summed E-state index contributed by atoms with van der Waals surface area (Å²) in [7, 11) is 0. The summed E-state index contributed by atoms with van der Waals surface area (Å²) in [6, 6.07) is 4.72. The van der Waals surface area contributed by atoms with E-state index in [1.807, 2.05) is 17.7 Å². The standard InChI is InChI=1S/C16H21BrFN3/c1-4-14-16(17)15(21(5-2)20-14)9-13(19)11-6-10(3)7-12(18)8-11/h6-8,13H,4-5,9,19H2,1-3H3. The van der Waals surface area contributed by atoms with Crippen molar-refractivity contribution in [3.8, 4) is 0 Å². The summed E-state index contributed by atoms with van der Waals surface area (Å²) >= 11 is 3.62. The lowest BCUT2D eigenvalue weighted by Crippen LogP contribution is -2.17. The van der Waals surface area contributed by atoms with E-state index >= 15 is 0 Å². The average Bonchev–Trinajstić information content (AvgIpc) is 2.74. The van der Waals surface area contributed by atoms with E-state index in [0.29, 0.717) is 6.42 Å². The van der Waals surface area contributed by atoms with Gasteiger partial charge in [0.1, 0.15) is 5.82 Å². The number of benzene rings is 1. The van der Waals surface area contributed by atoms with Gasteiger partial charge in [0, 0.05) is 19.0 Å². The molecular formula is C16H21BrFN3. The lowest BCUT2D eigenvalue weighted by molar-refractivity contribution is 0.579. The smallest absolute Gasteiger partial charge is 0.123 e. The Kier molecular flexibility index (Phi) is 5.17. The number of rotatable bonds is 5. The summed E-state index contributed by atoms with van der Waals surface area (Å²) in [5, 5.41) is 4.57. The van der Waals surface area contributed by atoms with Gasteiger partial charge < -0.3 is 5.73 Å². The van der Waals surface area contributed by atoms with Crippen molar-refractivity contribution >= 4 is 15.9 Å². The number of hydrogen-bond donors (Lipinski definition) is 1. The fourth-order valence-corrected chi connectivity index (χ4v) is 3.24. The molecule has 21 heavy (non-hydrogen) atoms. The zero-order valence-corrected chi connectivity index (χ0v) is 14.2. The second-order valence-electron chi connectivity index (χ2n) is 5.25. The molecule has 114 valence electrons. The average molecular weight is 354 g/mol. The van der Waals surface area contributed by atoms with Gasteiger partial charge >= 0.3 is 0 Å². The Labute approximate surface area is 133 Å². The van der Waals surface area contributed by atoms with Gasteiger partial charge in [-0.3, -0.25) is 4.68 Å². The van der Waals surface area contributed by atoms with Crippen LogP contribution in [-0.2, 0) is 19.4 Å². The van der Waals surface area contributed by atoms with E-state index in [-0.39, 0.29) is 11.9 Å². The third kappa shape index (κ3) is 3.52. The lowest BCUT2D eigenvalue weighted by Gasteiger charge is -2.14. The highest BCUT2D eigenvalue weighted by molar-refractivity contribution is 9.10. The molecule has 1 heterocycles. The van der Waals surface area contributed by atoms with Crippen LogP contribution in [0.1, 0.15) is 42.4 Å². The quantitative estimate of drug-likeness (QED) is 0.885. The molecular weight excluding hydrogens is 333 g/mol. The molecule has 5 heteroatoms. The minimum absolute atomic E-state index is 0.238. The molecule has 1 unspecified atom stereocenters. The summed E-state index contributed by atoms with van der Waals surface area (Å²) in [6.45, 7) is 6.80. The van der Waals surface area contributed by atoms with Gasteiger partial charge in [-0.2, -0.15) is 5.10 Å². The molecule has 2 aromatic rings. The highest BCUT2D eigenvalue weighted by Crippen LogP contribution is 2.27. The van der Waals surface area contributed by atoms with Gasteiger partial charge in [-0.05, 0) is 59.5 Å². The maximum atomic E-state index is 13.5. The van der Waals surface area contributed by atoms with Gasteiger partial charge in [-0.15, -0.1) is 0 Å². The van der Waals surface area contributed by atoms with Crippen LogP contribution in [0.5, 0.6) is 0 Å². The molecule has 0 spiro atoms. The van der Waals surface area contributed by atoms with Crippen molar-refractivity contribution in [2.75, 3.05) is 0 Å². The van der Waals surface area contributed by atoms with Crippen molar-refractivity contribution in [2.24, 2.45) is 5.73 Å². The van der Waals surface area contributed by atoms with Crippen LogP contribution in [0.15, 0.2) is 22.7 Å². The molecule has 2 N–H and O–H groups in total. The molecule has 0 aliphatic rings. The molecule has 3 nitrogen and oxygen atoms in total. The van der Waals surface area contributed by atoms with Crippen molar-refractivity contribution in [1.82, 2.24) is 9.78 Å². The molecule has 2 rings (SSSR count). The number of nitrogens with two attached hydrogens (primary N) is 1. The van der Waals surface area contributed by atoms with Gasteiger partial charge in [0.05, 0.1) is 15.9 Å². The van der Waals surface area contributed by atoms with Crippen LogP contribution in [0.2, 0.25) is 0 Å². The summed E-state index contributed by atoms with van der Waals surface area (Å²) in [6.07, 6.45) is 1.50. The van der Waals surface area contributed by atoms with Crippen LogP contribution >= 0.6 is 15.9 Å². The topological polar surface area (TPSA) is 43.8 Å². The summed E-state index contributed by atoms with van der Waals surface area (Å²) in [5.41, 5.74) is 10.1. The summed E-state index contributed by atoms with van der Waals surface area (Å²) in [5.74, 6) is -0.238. The monoisotopic (exact) mass is 353 g/mol. The van der Waals surface area contributed by atoms with Gasteiger partial charge in [-0.1, -0.05) is 13.0 Å². The van der Waals surface area contributed by atoms with Crippen LogP contribution in [-0.4, -0.2) is 9.78 Å². The van der Waals surface area contributed by atoms with Gasteiger partial charge in [0.2, 0.25) is 0 Å². The third-order valence-electron chi connectivity index (χ3n) is 3.60. The molecule has 1 atom stereocenters. The zero-order chi connectivity index (χ0) is 15.6. The van der Waals surface area contributed by atoms with E-state index < -0.39 is 0 Å². The molecule has 0 saturated carbocycles. The van der Waals surface area contributed by atoms with E-state index in [2.05, 4.69) is 34.9 Å². The van der Waals surface area contributed by atoms with Crippen LogP contribution < -0.4 is 5.73 Å². The van der Waals surface area contributed by atoms with Crippen LogP contribution in [0.25, 0.3) is 0 Å². The fourth-order valence-electron chi connectivity index (χ4n) is 2.52. The highest BCUT2D eigenvalue weighted by Gasteiger charge is 2.18. The second-order valence-corrected chi connectivity index (χ2v) is 6.04. The minimum atomic E-state index is -0.248. The van der Waals surface area contributed by atoms with E-state index in [1.54, 1.807) is 0 Å². The number of halogens is 2. The molecule has 0 aliphatic carbocycles. The number of aryl methyl sites for hydroxylation is 3. The van der Waals surface area contributed by atoms with E-state index in [4.69, 9.17) is 5.73 Å². The SMILES string of the molecule is CCc1nn(CC)c(CC(N)c2cc(C)cc(F)c2)c1Br. The number of hydrogen-bond acceptors (Lipinski definition) is 2. The molecule has 0 saturated heterocycles. The molecule has 0 amide bonds. The molecule has 0 fully saturated rings. The van der Waals surface area contributed by atoms with Crippen LogP contribution in [0, 0.1) is 12.7 Å². The minimum Gasteiger partial charge on any atom is -0.324 e. The summed E-state index contributed by atoms with van der Waals surface area (Å²) in [4.78, 5) is 0. The lowest BCUT2D eigenvalue weighted by atomic mass is 10.0. The first-order chi connectivity index (χ1) is 9.96. The molecule has 0 aliphatic heterocycles. The molecule has 0 bridgehead atoms. The predicted octanol–water partition coefficient (Wildman–Crippen LogP) is 3.92. The third-order valence-corrected chi connectivity index (χ3v) is 4.52. The van der Waals surface area contributed by atoms with Crippen molar-refractivity contribution in [1.29, 1.82) is 0 Å². The maximum Gasteiger partial charge on any atom is 0.123 e. The predicted molar refractivity (Wildman–Crippen MR) is 86.7 cm³/mol. The largest absolute Gasteiger partial charge is 0.324 e. The maximum absolute atomic E-state index is 13.5. The van der Waals surface area contributed by atoms with E-state index in [9.17, 15) is 4.39 Å². The van der Waals surface area contributed by atoms with Gasteiger partial charge in [-0.25, -0.2) is 4.39 Å². The normalized spacial score (nSPS) is 12.7. The first kappa shape index (κ1) is 16.2. The Balaban J connectivity index is 2.30. The molecule has 0 radical (unpaired) electrons. The number of aromatic nitrogens is 2. The number of nitrogens with zero attached hydrogens (tertiary/aromatic N) is 2. The first-order valence-corrected chi connectivity index (χ1v) is 8.02. The van der Waals surface area contributed by atoms with Crippen molar-refractivity contribution in [3.63, 3.8) is 0 Å². The van der Waals surface area contributed by atoms with Gasteiger partial charge in [0.15, 0.2) is 0 Å². The van der Waals surface area contributed by atoms with Gasteiger partial charge in [0.25, 0.3) is 0 Å². The Morgan fingerprint density at radius 3 is 2.62 bits per heavy atom. The first-order valence-electron chi connectivity index (χ1n) is 7.23. The Morgan fingerprint density at radius 1 is 1.33 bits per heavy atom. The van der Waals surface area contributed by atoms with Crippen molar-refractivity contribution < 1.29 is 4.39 Å². The van der Waals surface area contributed by atoms with Crippen LogP contribution in [0.3, 0.4) is 0 Å². The molecule has 1 aromatic heterocycles. The van der Waals surface area contributed by atoms with Crippen LogP contribution in [0.4, 0.5) is 4.39 Å². The Morgan fingerprint density at radius 2 is 2.05 bits per heavy atom. The Bertz CT molecular complexity index is 616. The Hall–Kier alpha value is -1.20.